The lowest BCUT2D eigenvalue weighted by atomic mass is 9.93. The highest BCUT2D eigenvalue weighted by Gasteiger charge is 2.61. The number of fused-ring (bicyclic) bond motifs is 3. The molecule has 13 aromatic carbocycles. The molecule has 8 nitrogen and oxygen atoms in total. The van der Waals surface area contributed by atoms with Crippen molar-refractivity contribution in [1.82, 2.24) is 0 Å². The van der Waals surface area contributed by atoms with Gasteiger partial charge in [-0.05, 0) is 191 Å². The van der Waals surface area contributed by atoms with Crippen molar-refractivity contribution in [3.05, 3.63) is 346 Å². The zero-order chi connectivity index (χ0) is 59.5. The second kappa shape index (κ2) is 22.5. The van der Waals surface area contributed by atoms with E-state index >= 15 is 4.57 Å². The Morgan fingerprint density at radius 3 is 1.06 bits per heavy atom. The third-order valence-corrected chi connectivity index (χ3v) is 25.2. The first-order chi connectivity index (χ1) is 43.9. The number of rotatable bonds is 12. The fraction of sp³-hybridized carbons (Fsp3) is 0. The van der Waals surface area contributed by atoms with E-state index in [4.69, 9.17) is 0 Å². The van der Waals surface area contributed by atoms with E-state index in [1.807, 2.05) is 127 Å². The fourth-order valence-electron chi connectivity index (χ4n) is 13.0. The molecule has 3 aliphatic rings. The van der Waals surface area contributed by atoms with Crippen molar-refractivity contribution >= 4 is 108 Å². The number of nitrogens with zero attached hydrogens (tertiary/aromatic N) is 6. The highest BCUT2D eigenvalue weighted by Crippen LogP contribution is 2.75. The van der Waals surface area contributed by atoms with Crippen molar-refractivity contribution in [2.75, 3.05) is 28.0 Å². The van der Waals surface area contributed by atoms with Crippen molar-refractivity contribution < 1.29 is 9.46 Å². The molecule has 0 bridgehead atoms. The molecule has 0 saturated heterocycles. The molecule has 0 atom stereocenters. The number of benzene rings is 13. The van der Waals surface area contributed by atoms with Crippen molar-refractivity contribution in [1.29, 1.82) is 0 Å². The summed E-state index contributed by atoms with van der Waals surface area (Å²) in [5, 5.41) is 2.66. The lowest BCUT2D eigenvalue weighted by Gasteiger charge is -2.33. The van der Waals surface area contributed by atoms with Crippen LogP contribution >= 0.6 is 23.5 Å². The Morgan fingerprint density at radius 1 is 0.281 bits per heavy atom. The van der Waals surface area contributed by atoms with Gasteiger partial charge in [-0.2, -0.15) is 14.2 Å². The predicted molar refractivity (Wildman–Crippen MR) is 376 cm³/mol. The Hall–Kier alpha value is -10.3. The fourth-order valence-corrected chi connectivity index (χ4v) is 21.7. The summed E-state index contributed by atoms with van der Waals surface area (Å²) >= 11 is 0. The van der Waals surface area contributed by atoms with Crippen LogP contribution in [0.15, 0.2) is 346 Å². The van der Waals surface area contributed by atoms with Crippen LogP contribution in [0.3, 0.4) is 0 Å². The van der Waals surface area contributed by atoms with E-state index in [1.165, 1.54) is 5.30 Å². The molecular formula is C78H58N6O2P3+. The summed E-state index contributed by atoms with van der Waals surface area (Å²) in [4.78, 5) is 14.2. The van der Waals surface area contributed by atoms with Gasteiger partial charge in [0.25, 0.3) is 0 Å². The van der Waals surface area contributed by atoms with Gasteiger partial charge in [0.2, 0.25) is 0 Å². The van der Waals surface area contributed by atoms with Crippen LogP contribution < -0.4 is 43.9 Å². The molecular weight excluding hydrogens is 1150 g/mol. The molecule has 426 valence electrons. The van der Waals surface area contributed by atoms with Gasteiger partial charge >= 0.3 is 15.2 Å². The van der Waals surface area contributed by atoms with Gasteiger partial charge in [-0.25, -0.2) is 0 Å². The smallest absolute Gasteiger partial charge is 0.297 e. The summed E-state index contributed by atoms with van der Waals surface area (Å²) in [5.41, 5.74) is 17.4. The van der Waals surface area contributed by atoms with Crippen LogP contribution in [-0.2, 0) is 4.57 Å². The second-order valence-corrected chi connectivity index (χ2v) is 29.0. The largest absolute Gasteiger partial charge is 0.376 e. The standard InChI is InChI=1S/C78H58N6O2P3/c85-88(81(66-35-11-3-12-36-66)75-48-21-22-49-76(75)82(88)67-37-13-4-14-38-67)71-44-26-29-59(56-71)62-52-61(58-28-25-43-70(55-58)87-79(64-31-7-1-8-32-64)73-46-19-20-47-74(73)80(87)65-33-9-2-10-34-65)53-63(54-62)60-30-27-45-72(57-60)89(86)83(68-39-15-5-16-40-68)77-50-23-24-51-78(77)84(89)69-41-17-6-18-42-69/h1-57,85H/q+1. The Balaban J connectivity index is 0.897. The molecule has 0 spiro atoms. The van der Waals surface area contributed by atoms with E-state index in [-0.39, 0.29) is 0 Å². The van der Waals surface area contributed by atoms with Gasteiger partial charge in [-0.3, -0.25) is 23.2 Å². The molecule has 0 radical (unpaired) electrons. The van der Waals surface area contributed by atoms with E-state index in [1.54, 1.807) is 0 Å². The molecule has 0 aromatic heterocycles. The van der Waals surface area contributed by atoms with Gasteiger partial charge < -0.3 is 0 Å². The molecule has 16 rings (SSSR count). The highest BCUT2D eigenvalue weighted by atomic mass is 31.2. The van der Waals surface area contributed by atoms with Gasteiger partial charge in [0, 0.05) is 28.1 Å². The maximum Gasteiger partial charge on any atom is 0.376 e. The maximum absolute atomic E-state index is 17.1. The Labute approximate surface area is 521 Å². The SMILES string of the molecule is O=P1(c2cccc(-c3cc(-c4cccc(P5N(c6ccccc6)c6ccccc6N5c5ccccc5)c4)cc(-c4cccc([P+]5(O)N(c6ccccc6)c6ccccc6N5c5ccccc5)c4)c3)c2)N(c2ccccc2)c2ccccc2N1c1ccccc1. The summed E-state index contributed by atoms with van der Waals surface area (Å²) in [7, 11) is -8.48. The molecule has 11 heteroatoms. The second-order valence-electron chi connectivity index (χ2n) is 22.2. The quantitative estimate of drug-likeness (QED) is 0.121. The lowest BCUT2D eigenvalue weighted by molar-refractivity contribution is 0.582. The third kappa shape index (κ3) is 9.14. The molecule has 0 unspecified atom stereocenters. The topological polar surface area (TPSA) is 56.7 Å². The van der Waals surface area contributed by atoms with Crippen LogP contribution in [0.4, 0.5) is 68.2 Å². The summed E-state index contributed by atoms with van der Waals surface area (Å²) in [6.07, 6.45) is 0. The van der Waals surface area contributed by atoms with Crippen molar-refractivity contribution in [2.45, 2.75) is 0 Å². The van der Waals surface area contributed by atoms with Crippen molar-refractivity contribution in [3.63, 3.8) is 0 Å². The van der Waals surface area contributed by atoms with Crippen molar-refractivity contribution in [2.24, 2.45) is 0 Å². The van der Waals surface area contributed by atoms with Gasteiger partial charge in [0.05, 0.1) is 39.4 Å². The van der Waals surface area contributed by atoms with Crippen LogP contribution in [0.1, 0.15) is 0 Å². The minimum Gasteiger partial charge on any atom is -0.297 e. The molecule has 0 amide bonds. The van der Waals surface area contributed by atoms with Crippen LogP contribution in [0.25, 0.3) is 33.4 Å². The normalized spacial score (nSPS) is 14.6. The van der Waals surface area contributed by atoms with Crippen LogP contribution in [0.5, 0.6) is 0 Å². The zero-order valence-electron chi connectivity index (χ0n) is 48.3. The van der Waals surface area contributed by atoms with E-state index < -0.39 is 23.5 Å². The van der Waals surface area contributed by atoms with Crippen LogP contribution in [-0.4, -0.2) is 4.89 Å². The number of hydrogen-bond donors (Lipinski definition) is 1. The van der Waals surface area contributed by atoms with Gasteiger partial charge in [-0.15, -0.1) is 0 Å². The molecule has 0 aliphatic carbocycles. The Bertz CT molecular complexity index is 4600. The molecule has 3 aliphatic heterocycles. The van der Waals surface area contributed by atoms with Crippen LogP contribution in [0.2, 0.25) is 0 Å². The third-order valence-electron chi connectivity index (χ3n) is 16.9. The molecule has 0 fully saturated rings. The first-order valence-electron chi connectivity index (χ1n) is 29.8. The predicted octanol–water partition coefficient (Wildman–Crippen LogP) is 20.8. The lowest BCUT2D eigenvalue weighted by Crippen LogP contribution is -2.32. The van der Waals surface area contributed by atoms with E-state index in [0.29, 0.717) is 5.30 Å². The number of anilines is 12. The van der Waals surface area contributed by atoms with Gasteiger partial charge in [-0.1, -0.05) is 188 Å². The monoisotopic (exact) mass is 1200 g/mol. The Kier molecular flexibility index (Phi) is 13.7. The van der Waals surface area contributed by atoms with Gasteiger partial charge in [0.15, 0.2) is 5.30 Å². The van der Waals surface area contributed by atoms with Crippen LogP contribution in [0, 0.1) is 0 Å². The first kappa shape index (κ1) is 54.1. The minimum absolute atomic E-state index is 0.690. The van der Waals surface area contributed by atoms with E-state index in [0.717, 1.165) is 107 Å². The maximum atomic E-state index is 17.1. The summed E-state index contributed by atoms with van der Waals surface area (Å²) < 4.78 is 30.6. The minimum atomic E-state index is -3.75. The molecule has 3 heterocycles. The Morgan fingerprint density at radius 2 is 0.618 bits per heavy atom. The summed E-state index contributed by atoms with van der Waals surface area (Å²) in [6, 6.07) is 120. The van der Waals surface area contributed by atoms with E-state index in [2.05, 4.69) is 246 Å². The van der Waals surface area contributed by atoms with Crippen molar-refractivity contribution in [3.8, 4) is 33.4 Å². The summed E-state index contributed by atoms with van der Waals surface area (Å²) in [5.74, 6) is 0. The molecule has 0 saturated carbocycles. The molecule has 89 heavy (non-hydrogen) atoms. The van der Waals surface area contributed by atoms with Gasteiger partial charge in [0.1, 0.15) is 19.6 Å². The number of hydrogen-bond acceptors (Lipinski definition) is 6. The molecule has 13 aromatic rings. The first-order valence-corrected chi connectivity index (χ1v) is 34.3. The average molecular weight is 1200 g/mol. The zero-order valence-corrected chi connectivity index (χ0v) is 51.0. The average Bonchev–Trinajstić information content (AvgIpc) is 1.60. The number of para-hydroxylation sites is 12. The van der Waals surface area contributed by atoms with E-state index in [9.17, 15) is 4.89 Å². The highest BCUT2D eigenvalue weighted by molar-refractivity contribution is 7.82. The summed E-state index contributed by atoms with van der Waals surface area (Å²) in [6.45, 7) is 0. The molecule has 1 N–H and O–H groups in total.